The molecule has 2 aromatic heterocycles. The van der Waals surface area contributed by atoms with E-state index in [1.165, 1.54) is 15.7 Å². The van der Waals surface area contributed by atoms with E-state index in [1.54, 1.807) is 19.2 Å². The molecule has 0 radical (unpaired) electrons. The van der Waals surface area contributed by atoms with Gasteiger partial charge < -0.3 is 16.4 Å². The maximum atomic E-state index is 13.0. The number of carbonyl (C=O) groups is 1. The Morgan fingerprint density at radius 1 is 1.16 bits per heavy atom. The molecule has 1 aliphatic rings. The predicted molar refractivity (Wildman–Crippen MR) is 120 cm³/mol. The summed E-state index contributed by atoms with van der Waals surface area (Å²) in [6.07, 6.45) is 3.31. The van der Waals surface area contributed by atoms with E-state index in [2.05, 4.69) is 32.7 Å². The third-order valence-electron chi connectivity index (χ3n) is 5.64. The molecule has 1 aliphatic carbocycles. The van der Waals surface area contributed by atoms with Gasteiger partial charge in [0.1, 0.15) is 12.4 Å². The van der Waals surface area contributed by atoms with Gasteiger partial charge in [0.15, 0.2) is 5.82 Å². The van der Waals surface area contributed by atoms with Crippen LogP contribution in [0.5, 0.6) is 0 Å². The lowest BCUT2D eigenvalue weighted by molar-refractivity contribution is -0.121. The summed E-state index contributed by atoms with van der Waals surface area (Å²) in [5.41, 5.74) is 10.2. The van der Waals surface area contributed by atoms with E-state index in [1.807, 2.05) is 25.1 Å². The number of pyridine rings is 1. The molecule has 3 aromatic rings. The van der Waals surface area contributed by atoms with Gasteiger partial charge in [0.2, 0.25) is 5.91 Å². The Labute approximate surface area is 180 Å². The van der Waals surface area contributed by atoms with Crippen molar-refractivity contribution in [1.82, 2.24) is 19.9 Å². The fraction of sp³-hybridized carbons (Fsp3) is 0.304. The fourth-order valence-electron chi connectivity index (χ4n) is 3.91. The average Bonchev–Trinajstić information content (AvgIpc) is 3.15. The van der Waals surface area contributed by atoms with Crippen molar-refractivity contribution in [2.24, 2.45) is 0 Å². The molecule has 4 rings (SSSR count). The lowest BCUT2D eigenvalue weighted by atomic mass is 10.1. The molecule has 0 bridgehead atoms. The topological polar surface area (TPSA) is 115 Å². The van der Waals surface area contributed by atoms with E-state index in [0.29, 0.717) is 18.1 Å². The van der Waals surface area contributed by atoms with E-state index < -0.39 is 0 Å². The van der Waals surface area contributed by atoms with Gasteiger partial charge in [-0.15, -0.1) is 0 Å². The predicted octanol–water partition coefficient (Wildman–Crippen LogP) is 1.73. The second-order valence-corrected chi connectivity index (χ2v) is 7.92. The third-order valence-corrected chi connectivity index (χ3v) is 5.64. The van der Waals surface area contributed by atoms with Crippen LogP contribution in [0.25, 0.3) is 0 Å². The summed E-state index contributed by atoms with van der Waals surface area (Å²) >= 11 is 0. The number of hydrogen-bond acceptors (Lipinski definition) is 6. The first-order valence-corrected chi connectivity index (χ1v) is 10.3. The summed E-state index contributed by atoms with van der Waals surface area (Å²) in [5.74, 6) is 0.457. The van der Waals surface area contributed by atoms with Gasteiger partial charge in [0.25, 0.3) is 5.56 Å². The lowest BCUT2D eigenvalue weighted by Crippen LogP contribution is -2.36. The van der Waals surface area contributed by atoms with E-state index in [-0.39, 0.29) is 29.9 Å². The molecule has 0 saturated carbocycles. The maximum absolute atomic E-state index is 13.0. The second kappa shape index (κ2) is 8.59. The number of hydrogen-bond donors (Lipinski definition) is 3. The summed E-state index contributed by atoms with van der Waals surface area (Å²) in [5, 5.41) is 6.12. The van der Waals surface area contributed by atoms with Gasteiger partial charge in [-0.3, -0.25) is 14.2 Å². The van der Waals surface area contributed by atoms with Crippen molar-refractivity contribution in [3.05, 3.63) is 81.0 Å². The van der Waals surface area contributed by atoms with Gasteiger partial charge in [-0.2, -0.15) is 0 Å². The van der Waals surface area contributed by atoms with Crippen molar-refractivity contribution in [3.8, 4) is 0 Å². The average molecular weight is 419 g/mol. The first kappa shape index (κ1) is 20.6. The Morgan fingerprint density at radius 2 is 1.87 bits per heavy atom. The molecule has 0 fully saturated rings. The Balaban J connectivity index is 1.43. The molecular weight excluding hydrogens is 392 g/mol. The quantitative estimate of drug-likeness (QED) is 0.562. The zero-order chi connectivity index (χ0) is 22.0. The summed E-state index contributed by atoms with van der Waals surface area (Å²) in [7, 11) is 0. The number of nitrogens with one attached hydrogen (secondary N) is 2. The first-order valence-electron chi connectivity index (χ1n) is 10.3. The third kappa shape index (κ3) is 4.58. The van der Waals surface area contributed by atoms with Crippen molar-refractivity contribution < 1.29 is 4.79 Å². The van der Waals surface area contributed by atoms with Gasteiger partial charge >= 0.3 is 0 Å². The molecule has 0 unspecified atom stereocenters. The number of rotatable bonds is 6. The van der Waals surface area contributed by atoms with Crippen molar-refractivity contribution >= 4 is 17.5 Å². The van der Waals surface area contributed by atoms with Crippen LogP contribution >= 0.6 is 0 Å². The number of carbonyl (C=O) groups excluding carboxylic acids is 1. The Hall–Kier alpha value is -3.68. The molecule has 2 heterocycles. The lowest BCUT2D eigenvalue weighted by Gasteiger charge is -2.15. The number of aryl methyl sites for hydroxylation is 2. The van der Waals surface area contributed by atoms with Crippen LogP contribution in [0.2, 0.25) is 0 Å². The number of benzene rings is 1. The number of nitrogens with zero attached hydrogens (tertiary/aromatic N) is 3. The van der Waals surface area contributed by atoms with Gasteiger partial charge in [-0.1, -0.05) is 30.3 Å². The van der Waals surface area contributed by atoms with Crippen LogP contribution in [-0.4, -0.2) is 26.5 Å². The zero-order valence-electron chi connectivity index (χ0n) is 17.7. The SMILES string of the molecule is Cc1nc(N)ccc1CNC(=O)Cn1c(C)cnc(NC2Cc3ccccc3C2)c1=O. The molecule has 160 valence electrons. The van der Waals surface area contributed by atoms with Crippen molar-refractivity contribution in [1.29, 1.82) is 0 Å². The number of nitrogen functional groups attached to an aromatic ring is 1. The first-order chi connectivity index (χ1) is 14.9. The Kier molecular flexibility index (Phi) is 5.70. The molecule has 4 N–H and O–H groups in total. The van der Waals surface area contributed by atoms with E-state index in [0.717, 1.165) is 24.1 Å². The van der Waals surface area contributed by atoms with Crippen LogP contribution in [-0.2, 0) is 30.7 Å². The molecule has 0 aliphatic heterocycles. The highest BCUT2D eigenvalue weighted by molar-refractivity contribution is 5.75. The maximum Gasteiger partial charge on any atom is 0.293 e. The van der Waals surface area contributed by atoms with Crippen LogP contribution in [0.4, 0.5) is 11.6 Å². The minimum Gasteiger partial charge on any atom is -0.384 e. The largest absolute Gasteiger partial charge is 0.384 e. The van der Waals surface area contributed by atoms with Gasteiger partial charge in [-0.25, -0.2) is 9.97 Å². The fourth-order valence-corrected chi connectivity index (χ4v) is 3.91. The minimum absolute atomic E-state index is 0.0752. The van der Waals surface area contributed by atoms with E-state index in [9.17, 15) is 9.59 Å². The van der Waals surface area contributed by atoms with Crippen LogP contribution in [0, 0.1) is 13.8 Å². The van der Waals surface area contributed by atoms with Crippen LogP contribution < -0.4 is 21.9 Å². The van der Waals surface area contributed by atoms with Crippen LogP contribution in [0.1, 0.15) is 28.1 Å². The second-order valence-electron chi connectivity index (χ2n) is 7.92. The number of fused-ring (bicyclic) bond motifs is 1. The Bertz CT molecular complexity index is 1160. The highest BCUT2D eigenvalue weighted by Gasteiger charge is 2.22. The van der Waals surface area contributed by atoms with E-state index in [4.69, 9.17) is 5.73 Å². The van der Waals surface area contributed by atoms with Crippen molar-refractivity contribution in [2.75, 3.05) is 11.1 Å². The summed E-state index contributed by atoms with van der Waals surface area (Å²) in [4.78, 5) is 34.0. The van der Waals surface area contributed by atoms with Crippen LogP contribution in [0.15, 0.2) is 47.4 Å². The highest BCUT2D eigenvalue weighted by atomic mass is 16.2. The summed E-state index contributed by atoms with van der Waals surface area (Å²) in [6, 6.07) is 11.9. The highest BCUT2D eigenvalue weighted by Crippen LogP contribution is 2.23. The molecule has 0 saturated heterocycles. The normalized spacial score (nSPS) is 13.1. The molecule has 8 nitrogen and oxygen atoms in total. The summed E-state index contributed by atoms with van der Waals surface area (Å²) < 4.78 is 1.45. The Morgan fingerprint density at radius 3 is 2.55 bits per heavy atom. The minimum atomic E-state index is -0.295. The smallest absolute Gasteiger partial charge is 0.293 e. The van der Waals surface area contributed by atoms with Crippen molar-refractivity contribution in [2.45, 2.75) is 45.8 Å². The molecular formula is C23H26N6O2. The molecule has 31 heavy (non-hydrogen) atoms. The molecule has 8 heteroatoms. The van der Waals surface area contributed by atoms with Gasteiger partial charge in [-0.05, 0) is 49.4 Å². The molecule has 1 amide bonds. The summed E-state index contributed by atoms with van der Waals surface area (Å²) in [6.45, 7) is 3.86. The van der Waals surface area contributed by atoms with Crippen LogP contribution in [0.3, 0.4) is 0 Å². The standard InChI is InChI=1S/C23H26N6O2/c1-14-11-26-22(28-19-9-16-5-3-4-6-17(16)10-19)23(31)29(14)13-21(30)25-12-18-7-8-20(24)27-15(18)2/h3-8,11,19H,9-10,12-13H2,1-2H3,(H2,24,27)(H,25,30)(H,26,28). The number of amides is 1. The number of nitrogens with two attached hydrogens (primary N) is 1. The molecule has 0 atom stereocenters. The monoisotopic (exact) mass is 418 g/mol. The molecule has 1 aromatic carbocycles. The number of anilines is 2. The molecule has 0 spiro atoms. The van der Waals surface area contributed by atoms with Gasteiger partial charge in [0.05, 0.1) is 0 Å². The van der Waals surface area contributed by atoms with E-state index >= 15 is 0 Å². The van der Waals surface area contributed by atoms with Gasteiger partial charge in [0, 0.05) is 30.2 Å². The number of aromatic nitrogens is 3. The zero-order valence-corrected chi connectivity index (χ0v) is 17.7. The van der Waals surface area contributed by atoms with Crippen molar-refractivity contribution in [3.63, 3.8) is 0 Å².